The number of nitrogens with two attached hydrogens (primary N) is 1. The van der Waals surface area contributed by atoms with Crippen LogP contribution in [-0.4, -0.2) is 18.6 Å². The maximum absolute atomic E-state index is 11.7. The highest BCUT2D eigenvalue weighted by molar-refractivity contribution is 6.32. The topological polar surface area (TPSA) is 64.3 Å². The number of nitrogens with one attached hydrogen (secondary N) is 1. The Labute approximate surface area is 119 Å². The van der Waals surface area contributed by atoms with Crippen LogP contribution in [-0.2, 0) is 4.79 Å². The van der Waals surface area contributed by atoms with E-state index in [9.17, 15) is 4.79 Å². The molecular formula is C14H21ClN2O2. The zero-order chi connectivity index (χ0) is 14.4. The molecule has 1 aromatic carbocycles. The molecule has 5 heteroatoms. The summed E-state index contributed by atoms with van der Waals surface area (Å²) in [6.07, 6.45) is 0.313. The molecule has 0 spiro atoms. The van der Waals surface area contributed by atoms with E-state index in [2.05, 4.69) is 5.32 Å². The molecule has 1 amide bonds. The summed E-state index contributed by atoms with van der Waals surface area (Å²) in [6.45, 7) is 6.22. The van der Waals surface area contributed by atoms with Crippen molar-refractivity contribution in [2.24, 2.45) is 5.73 Å². The number of hydrogen-bond acceptors (Lipinski definition) is 3. The number of rotatable bonds is 6. The Morgan fingerprint density at radius 2 is 2.16 bits per heavy atom. The van der Waals surface area contributed by atoms with Gasteiger partial charge < -0.3 is 15.8 Å². The fourth-order valence-corrected chi connectivity index (χ4v) is 1.77. The van der Waals surface area contributed by atoms with E-state index in [0.29, 0.717) is 17.3 Å². The molecule has 0 aliphatic carbocycles. The molecule has 0 fully saturated rings. The van der Waals surface area contributed by atoms with Gasteiger partial charge in [-0.05, 0) is 38.0 Å². The summed E-state index contributed by atoms with van der Waals surface area (Å²) < 4.78 is 5.55. The van der Waals surface area contributed by atoms with Crippen LogP contribution >= 0.6 is 11.6 Å². The summed E-state index contributed by atoms with van der Waals surface area (Å²) in [6, 6.07) is 5.27. The molecule has 1 rings (SSSR count). The number of amides is 1. The minimum absolute atomic E-state index is 0.0863. The van der Waals surface area contributed by atoms with Gasteiger partial charge in [0.15, 0.2) is 6.10 Å². The van der Waals surface area contributed by atoms with Crippen molar-refractivity contribution in [2.45, 2.75) is 39.3 Å². The van der Waals surface area contributed by atoms with Crippen LogP contribution in [0.3, 0.4) is 0 Å². The van der Waals surface area contributed by atoms with Crippen molar-refractivity contribution in [2.75, 3.05) is 6.54 Å². The molecule has 19 heavy (non-hydrogen) atoms. The van der Waals surface area contributed by atoms with E-state index in [1.807, 2.05) is 19.9 Å². The van der Waals surface area contributed by atoms with Crippen molar-refractivity contribution in [3.05, 3.63) is 28.8 Å². The standard InChI is InChI=1S/C14H21ClN2O2/c1-4-7-17-14(18)10(3)19-13-6-5-11(9(2)16)8-12(13)15/h5-6,8-10H,4,7,16H2,1-3H3,(H,17,18)/t9-,10?/m1/s1. The summed E-state index contributed by atoms with van der Waals surface area (Å²) in [5.41, 5.74) is 6.70. The molecule has 0 bridgehead atoms. The zero-order valence-corrected chi connectivity index (χ0v) is 12.3. The van der Waals surface area contributed by atoms with Gasteiger partial charge in [0.05, 0.1) is 5.02 Å². The Morgan fingerprint density at radius 3 is 2.68 bits per heavy atom. The molecule has 0 radical (unpaired) electrons. The monoisotopic (exact) mass is 284 g/mol. The summed E-state index contributed by atoms with van der Waals surface area (Å²) >= 11 is 6.11. The van der Waals surface area contributed by atoms with Crippen LogP contribution in [0.25, 0.3) is 0 Å². The maximum Gasteiger partial charge on any atom is 0.260 e. The zero-order valence-electron chi connectivity index (χ0n) is 11.6. The van der Waals surface area contributed by atoms with Gasteiger partial charge in [0.2, 0.25) is 0 Å². The maximum atomic E-state index is 11.7. The SMILES string of the molecule is CCCNC(=O)C(C)Oc1ccc([C@@H](C)N)cc1Cl. The minimum atomic E-state index is -0.579. The summed E-state index contributed by atoms with van der Waals surface area (Å²) in [5.74, 6) is 0.347. The number of hydrogen-bond donors (Lipinski definition) is 2. The van der Waals surface area contributed by atoms with E-state index >= 15 is 0 Å². The molecule has 106 valence electrons. The average molecular weight is 285 g/mol. The second kappa shape index (κ2) is 7.36. The predicted molar refractivity (Wildman–Crippen MR) is 77.4 cm³/mol. The molecule has 0 aliphatic heterocycles. The van der Waals surface area contributed by atoms with Gasteiger partial charge in [0.25, 0.3) is 5.91 Å². The third-order valence-electron chi connectivity index (χ3n) is 2.70. The minimum Gasteiger partial charge on any atom is -0.479 e. The van der Waals surface area contributed by atoms with Crippen LogP contribution in [0, 0.1) is 0 Å². The van der Waals surface area contributed by atoms with E-state index < -0.39 is 6.10 Å². The van der Waals surface area contributed by atoms with Gasteiger partial charge in [-0.3, -0.25) is 4.79 Å². The van der Waals surface area contributed by atoms with Crippen molar-refractivity contribution in [3.63, 3.8) is 0 Å². The fraction of sp³-hybridized carbons (Fsp3) is 0.500. The van der Waals surface area contributed by atoms with Gasteiger partial charge in [-0.25, -0.2) is 0 Å². The lowest BCUT2D eigenvalue weighted by atomic mass is 10.1. The largest absolute Gasteiger partial charge is 0.479 e. The number of halogens is 1. The molecular weight excluding hydrogens is 264 g/mol. The molecule has 2 atom stereocenters. The number of carbonyl (C=O) groups is 1. The summed E-state index contributed by atoms with van der Waals surface area (Å²) in [5, 5.41) is 3.24. The van der Waals surface area contributed by atoms with Crippen LogP contribution < -0.4 is 15.8 Å². The average Bonchev–Trinajstić information content (AvgIpc) is 2.37. The number of carbonyl (C=O) groups excluding carboxylic acids is 1. The second-order valence-corrected chi connectivity index (χ2v) is 4.94. The quantitative estimate of drug-likeness (QED) is 0.844. The second-order valence-electron chi connectivity index (χ2n) is 4.53. The first kappa shape index (κ1) is 15.8. The molecule has 0 saturated carbocycles. The van der Waals surface area contributed by atoms with Crippen molar-refractivity contribution in [1.82, 2.24) is 5.32 Å². The van der Waals surface area contributed by atoms with Crippen molar-refractivity contribution < 1.29 is 9.53 Å². The Kier molecular flexibility index (Phi) is 6.12. The van der Waals surface area contributed by atoms with Gasteiger partial charge >= 0.3 is 0 Å². The normalized spacial score (nSPS) is 13.7. The lowest BCUT2D eigenvalue weighted by Gasteiger charge is -2.16. The Morgan fingerprint density at radius 1 is 1.47 bits per heavy atom. The Balaban J connectivity index is 2.69. The number of benzene rings is 1. The number of ether oxygens (including phenoxy) is 1. The first-order chi connectivity index (χ1) is 8.95. The molecule has 1 unspecified atom stereocenters. The summed E-state index contributed by atoms with van der Waals surface area (Å²) in [4.78, 5) is 11.7. The van der Waals surface area contributed by atoms with Crippen LogP contribution in [0.4, 0.5) is 0 Å². The van der Waals surface area contributed by atoms with E-state index in [0.717, 1.165) is 12.0 Å². The lowest BCUT2D eigenvalue weighted by molar-refractivity contribution is -0.127. The molecule has 0 heterocycles. The molecule has 3 N–H and O–H groups in total. The van der Waals surface area contributed by atoms with Crippen LogP contribution in [0.1, 0.15) is 38.8 Å². The molecule has 0 saturated heterocycles. The molecule has 0 aliphatic rings. The lowest BCUT2D eigenvalue weighted by Crippen LogP contribution is -2.36. The summed E-state index contributed by atoms with van der Waals surface area (Å²) in [7, 11) is 0. The van der Waals surface area contributed by atoms with Crippen molar-refractivity contribution in [3.8, 4) is 5.75 Å². The van der Waals surface area contributed by atoms with E-state index in [1.54, 1.807) is 19.1 Å². The van der Waals surface area contributed by atoms with E-state index in [1.165, 1.54) is 0 Å². The Bertz CT molecular complexity index is 435. The predicted octanol–water partition coefficient (Wildman–Crippen LogP) is 2.65. The van der Waals surface area contributed by atoms with Gasteiger partial charge in [0, 0.05) is 12.6 Å². The van der Waals surface area contributed by atoms with Crippen LogP contribution in [0.2, 0.25) is 5.02 Å². The van der Waals surface area contributed by atoms with Crippen molar-refractivity contribution in [1.29, 1.82) is 0 Å². The molecule has 4 nitrogen and oxygen atoms in total. The van der Waals surface area contributed by atoms with Gasteiger partial charge in [-0.15, -0.1) is 0 Å². The highest BCUT2D eigenvalue weighted by Gasteiger charge is 2.15. The van der Waals surface area contributed by atoms with E-state index in [4.69, 9.17) is 22.1 Å². The van der Waals surface area contributed by atoms with Gasteiger partial charge in [-0.2, -0.15) is 0 Å². The molecule has 1 aromatic rings. The highest BCUT2D eigenvalue weighted by atomic mass is 35.5. The van der Waals surface area contributed by atoms with Gasteiger partial charge in [0.1, 0.15) is 5.75 Å². The van der Waals surface area contributed by atoms with Gasteiger partial charge in [-0.1, -0.05) is 24.6 Å². The Hall–Kier alpha value is -1.26. The highest BCUT2D eigenvalue weighted by Crippen LogP contribution is 2.28. The van der Waals surface area contributed by atoms with Crippen LogP contribution in [0.15, 0.2) is 18.2 Å². The first-order valence-electron chi connectivity index (χ1n) is 6.45. The fourth-order valence-electron chi connectivity index (χ4n) is 1.53. The first-order valence-corrected chi connectivity index (χ1v) is 6.82. The third-order valence-corrected chi connectivity index (χ3v) is 3.00. The smallest absolute Gasteiger partial charge is 0.260 e. The van der Waals surface area contributed by atoms with Crippen LogP contribution in [0.5, 0.6) is 5.75 Å². The third kappa shape index (κ3) is 4.73. The van der Waals surface area contributed by atoms with E-state index in [-0.39, 0.29) is 11.9 Å². The molecule has 0 aromatic heterocycles. The van der Waals surface area contributed by atoms with Crippen molar-refractivity contribution >= 4 is 17.5 Å².